The summed E-state index contributed by atoms with van der Waals surface area (Å²) in [4.78, 5) is 25.9. The first-order valence-corrected chi connectivity index (χ1v) is 7.52. The average Bonchev–Trinajstić information content (AvgIpc) is 2.34. The van der Waals surface area contributed by atoms with Crippen LogP contribution in [-0.2, 0) is 19.0 Å². The summed E-state index contributed by atoms with van der Waals surface area (Å²) in [7, 11) is 0. The number of ether oxygens (including phenoxy) is 3. The van der Waals surface area contributed by atoms with Crippen LogP contribution in [0.25, 0.3) is 10.4 Å². The number of halogens is 1. The lowest BCUT2D eigenvalue weighted by Gasteiger charge is -2.38. The number of esters is 1. The Labute approximate surface area is 136 Å². The van der Waals surface area contributed by atoms with Crippen LogP contribution in [0.2, 0.25) is 0 Å². The van der Waals surface area contributed by atoms with Gasteiger partial charge < -0.3 is 19.5 Å². The Morgan fingerprint density at radius 3 is 2.59 bits per heavy atom. The third kappa shape index (κ3) is 5.70. The number of nitrogens with one attached hydrogen (secondary N) is 1. The quantitative estimate of drug-likeness (QED) is 0.265. The number of amides is 1. The van der Waals surface area contributed by atoms with Gasteiger partial charge in [-0.25, -0.2) is 4.79 Å². The molecular formula is C12H19BrN4O5. The van der Waals surface area contributed by atoms with Crippen LogP contribution in [0.1, 0.15) is 27.7 Å². The SMILES string of the molecule is CC(=O)O[C@@H]1CO[C@@H](Br)[C@H](N=[N+]=[N-])[C@H]1NC(=O)OC(C)(C)C. The van der Waals surface area contributed by atoms with Crippen LogP contribution < -0.4 is 5.32 Å². The summed E-state index contributed by atoms with van der Waals surface area (Å²) in [6, 6.07) is -1.57. The van der Waals surface area contributed by atoms with Crippen molar-refractivity contribution in [3.8, 4) is 0 Å². The van der Waals surface area contributed by atoms with E-state index in [2.05, 4.69) is 31.3 Å². The molecule has 1 rings (SSSR count). The molecule has 22 heavy (non-hydrogen) atoms. The van der Waals surface area contributed by atoms with E-state index in [1.807, 2.05) is 0 Å². The summed E-state index contributed by atoms with van der Waals surface area (Å²) >= 11 is 3.22. The molecule has 0 aliphatic carbocycles. The van der Waals surface area contributed by atoms with Crippen molar-refractivity contribution in [1.82, 2.24) is 5.32 Å². The number of carbonyl (C=O) groups is 2. The first-order valence-electron chi connectivity index (χ1n) is 6.60. The molecule has 9 nitrogen and oxygen atoms in total. The fourth-order valence-corrected chi connectivity index (χ4v) is 2.49. The zero-order valence-electron chi connectivity index (χ0n) is 12.8. The molecule has 0 spiro atoms. The third-order valence-electron chi connectivity index (χ3n) is 2.64. The summed E-state index contributed by atoms with van der Waals surface area (Å²) in [5.74, 6) is -0.530. The number of hydrogen-bond donors (Lipinski definition) is 1. The fraction of sp³-hybridized carbons (Fsp3) is 0.833. The van der Waals surface area contributed by atoms with Crippen molar-refractivity contribution in [2.45, 2.75) is 56.5 Å². The van der Waals surface area contributed by atoms with Crippen LogP contribution in [-0.4, -0.2) is 47.5 Å². The van der Waals surface area contributed by atoms with Crippen LogP contribution >= 0.6 is 15.9 Å². The Morgan fingerprint density at radius 1 is 1.45 bits per heavy atom. The number of alkyl carbamates (subject to hydrolysis) is 1. The van der Waals surface area contributed by atoms with Gasteiger partial charge in [0.15, 0.2) is 0 Å². The summed E-state index contributed by atoms with van der Waals surface area (Å²) < 4.78 is 15.6. The van der Waals surface area contributed by atoms with Gasteiger partial charge in [-0.3, -0.25) is 4.79 Å². The third-order valence-corrected chi connectivity index (χ3v) is 3.45. The van der Waals surface area contributed by atoms with Gasteiger partial charge in [0.25, 0.3) is 0 Å². The van der Waals surface area contributed by atoms with Gasteiger partial charge in [0, 0.05) is 11.8 Å². The molecule has 1 aliphatic heterocycles. The molecule has 1 saturated heterocycles. The number of nitrogens with zero attached hydrogens (tertiary/aromatic N) is 3. The molecule has 0 bridgehead atoms. The molecular weight excluding hydrogens is 360 g/mol. The van der Waals surface area contributed by atoms with Gasteiger partial charge in [0.1, 0.15) is 16.7 Å². The molecule has 0 aromatic heterocycles. The maximum absolute atomic E-state index is 12.0. The second-order valence-electron chi connectivity index (χ2n) is 5.70. The molecule has 1 heterocycles. The van der Waals surface area contributed by atoms with Crippen molar-refractivity contribution in [1.29, 1.82) is 0 Å². The van der Waals surface area contributed by atoms with Gasteiger partial charge in [-0.05, 0) is 26.3 Å². The molecule has 0 radical (unpaired) electrons. The van der Waals surface area contributed by atoms with Crippen LogP contribution in [0.4, 0.5) is 4.79 Å². The van der Waals surface area contributed by atoms with Gasteiger partial charge in [-0.2, -0.15) is 0 Å². The molecule has 0 aromatic carbocycles. The lowest BCUT2D eigenvalue weighted by Crippen LogP contribution is -2.60. The zero-order valence-corrected chi connectivity index (χ0v) is 14.4. The minimum atomic E-state index is -0.796. The summed E-state index contributed by atoms with van der Waals surface area (Å²) in [5.41, 5.74) is 7.99. The number of alkyl halides is 1. The highest BCUT2D eigenvalue weighted by molar-refractivity contribution is 9.09. The first kappa shape index (κ1) is 18.5. The molecule has 1 aliphatic rings. The van der Waals surface area contributed by atoms with Crippen LogP contribution in [0, 0.1) is 0 Å². The van der Waals surface area contributed by atoms with E-state index in [4.69, 9.17) is 19.7 Å². The van der Waals surface area contributed by atoms with Gasteiger partial charge in [-0.1, -0.05) is 21.0 Å². The Kier molecular flexibility index (Phi) is 6.46. The Bertz CT molecular complexity index is 475. The van der Waals surface area contributed by atoms with Crippen molar-refractivity contribution in [2.24, 2.45) is 5.11 Å². The average molecular weight is 379 g/mol. The molecule has 1 fully saturated rings. The van der Waals surface area contributed by atoms with Crippen molar-refractivity contribution in [3.63, 3.8) is 0 Å². The van der Waals surface area contributed by atoms with Crippen molar-refractivity contribution in [3.05, 3.63) is 10.4 Å². The van der Waals surface area contributed by atoms with Crippen LogP contribution in [0.3, 0.4) is 0 Å². The lowest BCUT2D eigenvalue weighted by molar-refractivity contribution is -0.157. The lowest BCUT2D eigenvalue weighted by atomic mass is 10.0. The highest BCUT2D eigenvalue weighted by atomic mass is 79.9. The maximum atomic E-state index is 12.0. The number of azide groups is 1. The van der Waals surface area contributed by atoms with E-state index in [0.717, 1.165) is 0 Å². The van der Waals surface area contributed by atoms with Gasteiger partial charge in [-0.15, -0.1) is 0 Å². The summed E-state index contributed by atoms with van der Waals surface area (Å²) in [5, 5.41) is 5.57. The van der Waals surface area contributed by atoms with E-state index in [1.165, 1.54) is 6.92 Å². The smallest absolute Gasteiger partial charge is 0.408 e. The summed E-state index contributed by atoms with van der Waals surface area (Å²) in [6.07, 6.45) is -1.48. The highest BCUT2D eigenvalue weighted by Crippen LogP contribution is 2.25. The van der Waals surface area contributed by atoms with E-state index in [9.17, 15) is 9.59 Å². The van der Waals surface area contributed by atoms with Gasteiger partial charge in [0.05, 0.1) is 18.7 Å². The predicted molar refractivity (Wildman–Crippen MR) is 80.3 cm³/mol. The topological polar surface area (TPSA) is 123 Å². The predicted octanol–water partition coefficient (Wildman–Crippen LogP) is 2.24. The van der Waals surface area contributed by atoms with E-state index >= 15 is 0 Å². The number of rotatable bonds is 3. The standard InChI is InChI=1S/C12H19BrN4O5/c1-6(18)21-7-5-20-10(13)9(16-17-14)8(7)15-11(19)22-12(2,3)4/h7-10H,5H2,1-4H3,(H,15,19)/t7-,8+,9-,10-/m1/s1. The molecule has 124 valence electrons. The fourth-order valence-electron chi connectivity index (χ4n) is 1.90. The molecule has 1 amide bonds. The maximum Gasteiger partial charge on any atom is 0.408 e. The Morgan fingerprint density at radius 2 is 2.09 bits per heavy atom. The van der Waals surface area contributed by atoms with Crippen molar-refractivity contribution in [2.75, 3.05) is 6.61 Å². The van der Waals surface area contributed by atoms with Crippen molar-refractivity contribution < 1.29 is 23.8 Å². The Balaban J connectivity index is 2.92. The Hall–Kier alpha value is -1.51. The van der Waals surface area contributed by atoms with E-state index in [-0.39, 0.29) is 6.61 Å². The molecule has 0 saturated carbocycles. The molecule has 0 aromatic rings. The molecule has 4 atom stereocenters. The van der Waals surface area contributed by atoms with Gasteiger partial charge in [0.2, 0.25) is 0 Å². The molecule has 0 unspecified atom stereocenters. The number of carbonyl (C=O) groups excluding carboxylic acids is 2. The monoisotopic (exact) mass is 378 g/mol. The van der Waals surface area contributed by atoms with Gasteiger partial charge >= 0.3 is 12.1 Å². The van der Waals surface area contributed by atoms with Crippen LogP contribution in [0.15, 0.2) is 5.11 Å². The first-order chi connectivity index (χ1) is 10.1. The molecule has 1 N–H and O–H groups in total. The normalized spacial score (nSPS) is 28.2. The second-order valence-corrected chi connectivity index (χ2v) is 6.60. The van der Waals surface area contributed by atoms with E-state index in [0.29, 0.717) is 0 Å². The van der Waals surface area contributed by atoms with E-state index in [1.54, 1.807) is 20.8 Å². The second kappa shape index (κ2) is 7.66. The minimum absolute atomic E-state index is 0.0490. The largest absolute Gasteiger partial charge is 0.458 e. The molecule has 10 heteroatoms. The summed E-state index contributed by atoms with van der Waals surface area (Å²) in [6.45, 7) is 6.45. The number of hydrogen-bond acceptors (Lipinski definition) is 6. The zero-order chi connectivity index (χ0) is 16.9. The van der Waals surface area contributed by atoms with E-state index < -0.39 is 40.9 Å². The highest BCUT2D eigenvalue weighted by Gasteiger charge is 2.42. The minimum Gasteiger partial charge on any atom is -0.458 e. The van der Waals surface area contributed by atoms with Crippen molar-refractivity contribution >= 4 is 28.0 Å². The van der Waals surface area contributed by atoms with Crippen LogP contribution in [0.5, 0.6) is 0 Å².